The van der Waals surface area contributed by atoms with Gasteiger partial charge in [0.2, 0.25) is 0 Å². The number of nitrogens with zero attached hydrogens (tertiary/aromatic N) is 3. The van der Waals surface area contributed by atoms with Gasteiger partial charge in [-0.2, -0.15) is 5.10 Å². The number of halogens is 1. The summed E-state index contributed by atoms with van der Waals surface area (Å²) in [6.07, 6.45) is 1.70. The predicted octanol–water partition coefficient (Wildman–Crippen LogP) is 2.12. The number of para-hydroxylation sites is 1. The minimum Gasteiger partial charge on any atom is -0.330 e. The minimum absolute atomic E-state index is 0.647. The van der Waals surface area contributed by atoms with Crippen LogP contribution in [-0.2, 0) is 6.42 Å². The molecule has 0 aliphatic carbocycles. The molecule has 0 amide bonds. The summed E-state index contributed by atoms with van der Waals surface area (Å²) in [4.78, 5) is 4.40. The zero-order valence-electron chi connectivity index (χ0n) is 9.73. The molecule has 90 valence electrons. The van der Waals surface area contributed by atoms with Gasteiger partial charge < -0.3 is 5.73 Å². The van der Waals surface area contributed by atoms with Gasteiger partial charge in [-0.15, -0.1) is 0 Å². The van der Waals surface area contributed by atoms with Crippen molar-refractivity contribution in [2.45, 2.75) is 19.8 Å². The van der Waals surface area contributed by atoms with Crippen molar-refractivity contribution < 1.29 is 0 Å². The lowest BCUT2D eigenvalue weighted by atomic mass is 10.2. The van der Waals surface area contributed by atoms with Gasteiger partial charge in [0.15, 0.2) is 0 Å². The monoisotopic (exact) mass is 250 g/mol. The van der Waals surface area contributed by atoms with Crippen LogP contribution >= 0.6 is 11.6 Å². The van der Waals surface area contributed by atoms with Gasteiger partial charge in [-0.05, 0) is 32.0 Å². The molecule has 2 aromatic rings. The Kier molecular flexibility index (Phi) is 3.76. The van der Waals surface area contributed by atoms with Crippen LogP contribution in [0.5, 0.6) is 0 Å². The van der Waals surface area contributed by atoms with Gasteiger partial charge in [-0.25, -0.2) is 9.67 Å². The third-order valence-electron chi connectivity index (χ3n) is 2.47. The molecule has 5 heteroatoms. The number of hydrogen-bond acceptors (Lipinski definition) is 3. The normalized spacial score (nSPS) is 10.8. The fourth-order valence-corrected chi connectivity index (χ4v) is 1.91. The second kappa shape index (κ2) is 5.29. The minimum atomic E-state index is 0.647. The smallest absolute Gasteiger partial charge is 0.148 e. The number of benzene rings is 1. The summed E-state index contributed by atoms with van der Waals surface area (Å²) < 4.78 is 1.80. The SMILES string of the molecule is Cc1nc(CCCN)n(-c2ccccc2Cl)n1. The summed E-state index contributed by atoms with van der Waals surface area (Å²) >= 11 is 6.16. The van der Waals surface area contributed by atoms with Gasteiger partial charge in [0, 0.05) is 6.42 Å². The maximum atomic E-state index is 6.16. The first kappa shape index (κ1) is 12.1. The lowest BCUT2D eigenvalue weighted by Crippen LogP contribution is -2.07. The largest absolute Gasteiger partial charge is 0.330 e. The Bertz CT molecular complexity index is 507. The van der Waals surface area contributed by atoms with E-state index in [2.05, 4.69) is 10.1 Å². The molecule has 4 nitrogen and oxygen atoms in total. The second-order valence-corrected chi connectivity index (χ2v) is 4.24. The Morgan fingerprint density at radius 1 is 1.35 bits per heavy atom. The summed E-state index contributed by atoms with van der Waals surface area (Å²) in [7, 11) is 0. The Morgan fingerprint density at radius 3 is 2.82 bits per heavy atom. The van der Waals surface area contributed by atoms with E-state index in [1.54, 1.807) is 4.68 Å². The number of nitrogens with two attached hydrogens (primary N) is 1. The molecule has 0 unspecified atom stereocenters. The molecule has 0 aliphatic heterocycles. The molecular weight excluding hydrogens is 236 g/mol. The average Bonchev–Trinajstić information content (AvgIpc) is 2.68. The third kappa shape index (κ3) is 2.65. The molecule has 1 aromatic heterocycles. The molecule has 1 heterocycles. The van der Waals surface area contributed by atoms with Crippen molar-refractivity contribution >= 4 is 11.6 Å². The highest BCUT2D eigenvalue weighted by atomic mass is 35.5. The first-order valence-electron chi connectivity index (χ1n) is 5.60. The van der Waals surface area contributed by atoms with Crippen molar-refractivity contribution in [3.05, 3.63) is 40.9 Å². The predicted molar refractivity (Wildman–Crippen MR) is 68.5 cm³/mol. The van der Waals surface area contributed by atoms with Crippen molar-refractivity contribution in [3.8, 4) is 5.69 Å². The van der Waals surface area contributed by atoms with E-state index in [9.17, 15) is 0 Å². The first-order chi connectivity index (χ1) is 8.22. The average molecular weight is 251 g/mol. The molecule has 0 atom stereocenters. The van der Waals surface area contributed by atoms with E-state index < -0.39 is 0 Å². The van der Waals surface area contributed by atoms with Crippen molar-refractivity contribution in [2.24, 2.45) is 5.73 Å². The summed E-state index contributed by atoms with van der Waals surface area (Å²) in [5.74, 6) is 1.65. The highest BCUT2D eigenvalue weighted by molar-refractivity contribution is 6.32. The Labute approximate surface area is 105 Å². The molecular formula is C12H15ClN4. The third-order valence-corrected chi connectivity index (χ3v) is 2.78. The Hall–Kier alpha value is -1.39. The molecule has 0 spiro atoms. The van der Waals surface area contributed by atoms with Crippen LogP contribution in [0.15, 0.2) is 24.3 Å². The van der Waals surface area contributed by atoms with Crippen molar-refractivity contribution in [1.29, 1.82) is 0 Å². The Balaban J connectivity index is 2.41. The van der Waals surface area contributed by atoms with Gasteiger partial charge in [0.05, 0.1) is 10.7 Å². The van der Waals surface area contributed by atoms with E-state index in [0.717, 1.165) is 30.2 Å². The molecule has 0 saturated heterocycles. The standard InChI is InChI=1S/C12H15ClN4/c1-9-15-12(7-4-8-14)17(16-9)11-6-3-2-5-10(11)13/h2-3,5-6H,4,7-8,14H2,1H3. The lowest BCUT2D eigenvalue weighted by Gasteiger charge is -2.06. The molecule has 0 radical (unpaired) electrons. The summed E-state index contributed by atoms with van der Waals surface area (Å²) in [6.45, 7) is 2.52. The van der Waals surface area contributed by atoms with Crippen LogP contribution in [0, 0.1) is 6.92 Å². The van der Waals surface area contributed by atoms with Crippen LogP contribution in [0.3, 0.4) is 0 Å². The number of hydrogen-bond donors (Lipinski definition) is 1. The van der Waals surface area contributed by atoms with E-state index in [4.69, 9.17) is 17.3 Å². The highest BCUT2D eigenvalue weighted by Gasteiger charge is 2.11. The van der Waals surface area contributed by atoms with Crippen molar-refractivity contribution in [2.75, 3.05) is 6.54 Å². The molecule has 2 rings (SSSR count). The van der Waals surface area contributed by atoms with E-state index in [1.165, 1.54) is 0 Å². The van der Waals surface area contributed by atoms with E-state index in [-0.39, 0.29) is 0 Å². The van der Waals surface area contributed by atoms with Crippen LogP contribution in [0.1, 0.15) is 18.1 Å². The van der Waals surface area contributed by atoms with E-state index in [0.29, 0.717) is 11.6 Å². The van der Waals surface area contributed by atoms with Gasteiger partial charge in [0.1, 0.15) is 11.6 Å². The molecule has 0 fully saturated rings. The van der Waals surface area contributed by atoms with Crippen LogP contribution < -0.4 is 5.73 Å². The number of aryl methyl sites for hydroxylation is 2. The molecule has 17 heavy (non-hydrogen) atoms. The van der Waals surface area contributed by atoms with Gasteiger partial charge >= 0.3 is 0 Å². The van der Waals surface area contributed by atoms with Crippen LogP contribution in [0.2, 0.25) is 5.02 Å². The fraction of sp³-hybridized carbons (Fsp3) is 0.333. The number of rotatable bonds is 4. The maximum Gasteiger partial charge on any atom is 0.148 e. The van der Waals surface area contributed by atoms with Gasteiger partial charge in [-0.3, -0.25) is 0 Å². The van der Waals surface area contributed by atoms with Crippen LogP contribution in [0.25, 0.3) is 5.69 Å². The van der Waals surface area contributed by atoms with E-state index >= 15 is 0 Å². The molecule has 0 saturated carbocycles. The molecule has 1 aromatic carbocycles. The zero-order chi connectivity index (χ0) is 12.3. The summed E-state index contributed by atoms with van der Waals surface area (Å²) in [5, 5.41) is 5.05. The molecule has 0 bridgehead atoms. The lowest BCUT2D eigenvalue weighted by molar-refractivity contribution is 0.732. The second-order valence-electron chi connectivity index (χ2n) is 3.83. The zero-order valence-corrected chi connectivity index (χ0v) is 10.5. The highest BCUT2D eigenvalue weighted by Crippen LogP contribution is 2.20. The Morgan fingerprint density at radius 2 is 2.12 bits per heavy atom. The quantitative estimate of drug-likeness (QED) is 0.904. The van der Waals surface area contributed by atoms with Crippen LogP contribution in [0.4, 0.5) is 0 Å². The van der Waals surface area contributed by atoms with Crippen LogP contribution in [-0.4, -0.2) is 21.3 Å². The van der Waals surface area contributed by atoms with E-state index in [1.807, 2.05) is 31.2 Å². The number of aromatic nitrogens is 3. The fourth-order valence-electron chi connectivity index (χ4n) is 1.70. The molecule has 0 aliphatic rings. The van der Waals surface area contributed by atoms with Gasteiger partial charge in [0.25, 0.3) is 0 Å². The van der Waals surface area contributed by atoms with Crippen molar-refractivity contribution in [3.63, 3.8) is 0 Å². The topological polar surface area (TPSA) is 56.7 Å². The maximum absolute atomic E-state index is 6.16. The van der Waals surface area contributed by atoms with Gasteiger partial charge in [-0.1, -0.05) is 23.7 Å². The first-order valence-corrected chi connectivity index (χ1v) is 5.97. The summed E-state index contributed by atoms with van der Waals surface area (Å²) in [5.41, 5.74) is 6.38. The van der Waals surface area contributed by atoms with Crippen molar-refractivity contribution in [1.82, 2.24) is 14.8 Å². The molecule has 2 N–H and O–H groups in total. The summed E-state index contributed by atoms with van der Waals surface area (Å²) in [6, 6.07) is 7.61.